The van der Waals surface area contributed by atoms with Crippen LogP contribution in [0.1, 0.15) is 50.2 Å². The summed E-state index contributed by atoms with van der Waals surface area (Å²) in [6, 6.07) is 5.84. The molecule has 1 atom stereocenters. The predicted molar refractivity (Wildman–Crippen MR) is 73.6 cm³/mol. The van der Waals surface area contributed by atoms with Gasteiger partial charge in [0.15, 0.2) is 11.5 Å². The standard InChI is InChI=1S/C16H22O3/c17-15(12-6-3-1-2-4-7-12)13-8-5-9-14-16(13)19-11-10-18-14/h5,8-9,12,15,17H,1-4,6-7,10-11H2. The molecule has 0 spiro atoms. The molecule has 1 N–H and O–H groups in total. The molecule has 0 radical (unpaired) electrons. The van der Waals surface area contributed by atoms with E-state index in [0.29, 0.717) is 19.1 Å². The lowest BCUT2D eigenvalue weighted by atomic mass is 9.89. The number of rotatable bonds is 2. The van der Waals surface area contributed by atoms with Gasteiger partial charge in [0, 0.05) is 5.56 Å². The summed E-state index contributed by atoms with van der Waals surface area (Å²) in [5.74, 6) is 1.89. The van der Waals surface area contributed by atoms with Crippen molar-refractivity contribution in [3.05, 3.63) is 23.8 Å². The van der Waals surface area contributed by atoms with Crippen LogP contribution in [-0.4, -0.2) is 18.3 Å². The van der Waals surface area contributed by atoms with Crippen molar-refractivity contribution in [3.8, 4) is 11.5 Å². The molecule has 19 heavy (non-hydrogen) atoms. The maximum absolute atomic E-state index is 10.7. The minimum atomic E-state index is -0.422. The third-order valence-corrected chi connectivity index (χ3v) is 4.26. The van der Waals surface area contributed by atoms with Crippen molar-refractivity contribution in [2.75, 3.05) is 13.2 Å². The Hall–Kier alpha value is -1.22. The van der Waals surface area contributed by atoms with Gasteiger partial charge in [0.05, 0.1) is 6.10 Å². The number of para-hydroxylation sites is 1. The topological polar surface area (TPSA) is 38.7 Å². The first-order valence-corrected chi connectivity index (χ1v) is 7.43. The summed E-state index contributed by atoms with van der Waals surface area (Å²) in [5.41, 5.74) is 0.907. The first kappa shape index (κ1) is 12.8. The Labute approximate surface area is 114 Å². The maximum atomic E-state index is 10.7. The Morgan fingerprint density at radius 3 is 2.53 bits per heavy atom. The molecule has 1 unspecified atom stereocenters. The summed E-state index contributed by atoms with van der Waals surface area (Å²) >= 11 is 0. The molecule has 1 saturated carbocycles. The first-order valence-electron chi connectivity index (χ1n) is 7.43. The highest BCUT2D eigenvalue weighted by Crippen LogP contribution is 2.42. The van der Waals surface area contributed by atoms with Gasteiger partial charge in [-0.15, -0.1) is 0 Å². The smallest absolute Gasteiger partial charge is 0.167 e. The number of aliphatic hydroxyl groups is 1. The van der Waals surface area contributed by atoms with Gasteiger partial charge < -0.3 is 14.6 Å². The summed E-state index contributed by atoms with van der Waals surface area (Å²) in [5, 5.41) is 10.7. The molecular formula is C16H22O3. The third kappa shape index (κ3) is 2.71. The highest BCUT2D eigenvalue weighted by atomic mass is 16.6. The summed E-state index contributed by atoms with van der Waals surface area (Å²) in [4.78, 5) is 0. The van der Waals surface area contributed by atoms with Crippen LogP contribution in [0, 0.1) is 5.92 Å². The third-order valence-electron chi connectivity index (χ3n) is 4.26. The second-order valence-electron chi connectivity index (χ2n) is 5.57. The average Bonchev–Trinajstić information content (AvgIpc) is 2.75. The predicted octanol–water partition coefficient (Wildman–Crippen LogP) is 3.46. The molecular weight excluding hydrogens is 240 g/mol. The SMILES string of the molecule is OC(c1cccc2c1OCCO2)C1CCCCCC1. The van der Waals surface area contributed by atoms with E-state index >= 15 is 0 Å². The van der Waals surface area contributed by atoms with Crippen molar-refractivity contribution in [1.82, 2.24) is 0 Å². The van der Waals surface area contributed by atoms with Crippen molar-refractivity contribution in [3.63, 3.8) is 0 Å². The van der Waals surface area contributed by atoms with Crippen LogP contribution >= 0.6 is 0 Å². The fraction of sp³-hybridized carbons (Fsp3) is 0.625. The van der Waals surface area contributed by atoms with Crippen molar-refractivity contribution in [2.24, 2.45) is 5.92 Å². The van der Waals surface area contributed by atoms with Gasteiger partial charge in [-0.1, -0.05) is 37.8 Å². The lowest BCUT2D eigenvalue weighted by molar-refractivity contribution is 0.0900. The second-order valence-corrected chi connectivity index (χ2v) is 5.57. The molecule has 3 rings (SSSR count). The van der Waals surface area contributed by atoms with Crippen molar-refractivity contribution < 1.29 is 14.6 Å². The van der Waals surface area contributed by atoms with Gasteiger partial charge in [0.2, 0.25) is 0 Å². The second kappa shape index (κ2) is 5.83. The van der Waals surface area contributed by atoms with Gasteiger partial charge in [-0.05, 0) is 24.8 Å². The van der Waals surface area contributed by atoms with Crippen LogP contribution in [0.2, 0.25) is 0 Å². The van der Waals surface area contributed by atoms with Gasteiger partial charge in [0.25, 0.3) is 0 Å². The Morgan fingerprint density at radius 2 is 1.74 bits per heavy atom. The van der Waals surface area contributed by atoms with Crippen molar-refractivity contribution in [1.29, 1.82) is 0 Å². The molecule has 3 heteroatoms. The van der Waals surface area contributed by atoms with Gasteiger partial charge in [-0.25, -0.2) is 0 Å². The number of benzene rings is 1. The zero-order valence-corrected chi connectivity index (χ0v) is 11.3. The molecule has 2 aliphatic rings. The van der Waals surface area contributed by atoms with Gasteiger partial charge in [-0.2, -0.15) is 0 Å². The minimum Gasteiger partial charge on any atom is -0.486 e. The molecule has 1 aliphatic heterocycles. The monoisotopic (exact) mass is 262 g/mol. The maximum Gasteiger partial charge on any atom is 0.167 e. The van der Waals surface area contributed by atoms with Crippen LogP contribution in [0.3, 0.4) is 0 Å². The molecule has 0 aromatic heterocycles. The molecule has 0 saturated heterocycles. The quantitative estimate of drug-likeness (QED) is 0.829. The molecule has 1 fully saturated rings. The van der Waals surface area contributed by atoms with Gasteiger partial charge >= 0.3 is 0 Å². The van der Waals surface area contributed by atoms with E-state index in [-0.39, 0.29) is 0 Å². The molecule has 1 aromatic rings. The molecule has 0 bridgehead atoms. The van der Waals surface area contributed by atoms with Crippen LogP contribution < -0.4 is 9.47 Å². The Balaban J connectivity index is 1.84. The van der Waals surface area contributed by atoms with Crippen LogP contribution in [0.15, 0.2) is 18.2 Å². The van der Waals surface area contributed by atoms with E-state index in [9.17, 15) is 5.11 Å². The Bertz CT molecular complexity index is 422. The minimum absolute atomic E-state index is 0.361. The summed E-state index contributed by atoms with van der Waals surface area (Å²) in [6.07, 6.45) is 6.88. The van der Waals surface area contributed by atoms with E-state index in [1.165, 1.54) is 25.7 Å². The number of fused-ring (bicyclic) bond motifs is 1. The molecule has 1 heterocycles. The largest absolute Gasteiger partial charge is 0.486 e. The highest BCUT2D eigenvalue weighted by Gasteiger charge is 2.27. The summed E-state index contributed by atoms with van der Waals surface area (Å²) in [6.45, 7) is 1.16. The van der Waals surface area contributed by atoms with E-state index in [2.05, 4.69) is 0 Å². The molecule has 104 valence electrons. The van der Waals surface area contributed by atoms with Crippen molar-refractivity contribution in [2.45, 2.75) is 44.6 Å². The van der Waals surface area contributed by atoms with E-state index in [4.69, 9.17) is 9.47 Å². The number of aliphatic hydroxyl groups excluding tert-OH is 1. The number of hydrogen-bond acceptors (Lipinski definition) is 3. The highest BCUT2D eigenvalue weighted by molar-refractivity contribution is 5.48. The molecule has 1 aliphatic carbocycles. The first-order chi connectivity index (χ1) is 9.36. The Morgan fingerprint density at radius 1 is 1.00 bits per heavy atom. The van der Waals surface area contributed by atoms with Crippen LogP contribution in [-0.2, 0) is 0 Å². The molecule has 0 amide bonds. The summed E-state index contributed by atoms with van der Waals surface area (Å²) in [7, 11) is 0. The van der Waals surface area contributed by atoms with Crippen LogP contribution in [0.5, 0.6) is 11.5 Å². The average molecular weight is 262 g/mol. The van der Waals surface area contributed by atoms with Crippen LogP contribution in [0.4, 0.5) is 0 Å². The van der Waals surface area contributed by atoms with Gasteiger partial charge in [0.1, 0.15) is 13.2 Å². The Kier molecular flexibility index (Phi) is 3.92. The van der Waals surface area contributed by atoms with E-state index < -0.39 is 6.10 Å². The zero-order valence-electron chi connectivity index (χ0n) is 11.3. The van der Waals surface area contributed by atoms with Crippen LogP contribution in [0.25, 0.3) is 0 Å². The fourth-order valence-corrected chi connectivity index (χ4v) is 3.21. The molecule has 3 nitrogen and oxygen atoms in total. The zero-order chi connectivity index (χ0) is 13.1. The van der Waals surface area contributed by atoms with Crippen molar-refractivity contribution >= 4 is 0 Å². The van der Waals surface area contributed by atoms with Gasteiger partial charge in [-0.3, -0.25) is 0 Å². The van der Waals surface area contributed by atoms with E-state index in [0.717, 1.165) is 29.9 Å². The lowest BCUT2D eigenvalue weighted by Gasteiger charge is -2.27. The summed E-state index contributed by atoms with van der Waals surface area (Å²) < 4.78 is 11.3. The fourth-order valence-electron chi connectivity index (χ4n) is 3.21. The van der Waals surface area contributed by atoms with E-state index in [1.807, 2.05) is 18.2 Å². The lowest BCUT2D eigenvalue weighted by Crippen LogP contribution is -2.19. The number of ether oxygens (including phenoxy) is 2. The normalized spacial score (nSPS) is 21.7. The van der Waals surface area contributed by atoms with E-state index in [1.54, 1.807) is 0 Å². The number of hydrogen-bond donors (Lipinski definition) is 1. The molecule has 1 aromatic carbocycles.